The van der Waals surface area contributed by atoms with Gasteiger partial charge in [0.05, 0.1) is 6.26 Å². The van der Waals surface area contributed by atoms with Crippen LogP contribution in [0.3, 0.4) is 0 Å². The van der Waals surface area contributed by atoms with E-state index >= 15 is 0 Å². The number of hydrogen-bond acceptors (Lipinski definition) is 4. The third kappa shape index (κ3) is 2.40. The van der Waals surface area contributed by atoms with Gasteiger partial charge in [0.1, 0.15) is 0 Å². The maximum absolute atomic E-state index is 12.1. The van der Waals surface area contributed by atoms with Gasteiger partial charge in [0.25, 0.3) is 5.91 Å². The number of amides is 1. The Hall–Kier alpha value is -1.59. The number of nitrogens with one attached hydrogen (secondary N) is 1. The van der Waals surface area contributed by atoms with Crippen molar-refractivity contribution in [2.45, 2.75) is 43.9 Å². The van der Waals surface area contributed by atoms with Gasteiger partial charge in [-0.25, -0.2) is 0 Å². The first-order valence-corrected chi connectivity index (χ1v) is 8.37. The molecule has 110 valence electrons. The molecule has 5 heteroatoms. The zero-order valence-corrected chi connectivity index (χ0v) is 12.5. The molecule has 2 fully saturated rings. The Balaban J connectivity index is 1.43. The second-order valence-electron chi connectivity index (χ2n) is 5.90. The lowest BCUT2D eigenvalue weighted by molar-refractivity contribution is 0.0897. The Kier molecular flexibility index (Phi) is 3.31. The lowest BCUT2D eigenvalue weighted by atomic mass is 9.95. The van der Waals surface area contributed by atoms with E-state index in [0.717, 1.165) is 13.0 Å². The Morgan fingerprint density at radius 2 is 2.38 bits per heavy atom. The average molecular weight is 302 g/mol. The molecule has 2 saturated heterocycles. The maximum Gasteiger partial charge on any atom is 0.287 e. The summed E-state index contributed by atoms with van der Waals surface area (Å²) in [5.41, 5.74) is 1.38. The summed E-state index contributed by atoms with van der Waals surface area (Å²) in [7, 11) is 0. The molecule has 2 aliphatic heterocycles. The third-order valence-corrected chi connectivity index (χ3v) is 5.42. The fraction of sp³-hybridized carbons (Fsp3) is 0.438. The van der Waals surface area contributed by atoms with Crippen molar-refractivity contribution in [3.8, 4) is 0 Å². The molecule has 21 heavy (non-hydrogen) atoms. The van der Waals surface area contributed by atoms with E-state index in [2.05, 4.69) is 27.0 Å². The zero-order chi connectivity index (χ0) is 14.2. The molecule has 4 nitrogen and oxygen atoms in total. The molecule has 1 N–H and O–H groups in total. The van der Waals surface area contributed by atoms with Gasteiger partial charge in [0, 0.05) is 24.7 Å². The van der Waals surface area contributed by atoms with Crippen molar-refractivity contribution in [1.29, 1.82) is 0 Å². The van der Waals surface area contributed by atoms with E-state index in [4.69, 9.17) is 4.42 Å². The Labute approximate surface area is 127 Å². The number of thiophene rings is 1. The fourth-order valence-corrected chi connectivity index (χ4v) is 4.40. The summed E-state index contributed by atoms with van der Waals surface area (Å²) in [6.45, 7) is 1.01. The van der Waals surface area contributed by atoms with Crippen LogP contribution in [0.1, 0.15) is 35.4 Å². The van der Waals surface area contributed by atoms with Crippen LogP contribution < -0.4 is 5.32 Å². The quantitative estimate of drug-likeness (QED) is 0.944. The van der Waals surface area contributed by atoms with E-state index in [9.17, 15) is 4.79 Å². The van der Waals surface area contributed by atoms with E-state index in [1.54, 1.807) is 29.7 Å². The Bertz CT molecular complexity index is 608. The Morgan fingerprint density at radius 1 is 1.43 bits per heavy atom. The minimum Gasteiger partial charge on any atom is -0.459 e. The van der Waals surface area contributed by atoms with Gasteiger partial charge in [-0.3, -0.25) is 9.69 Å². The number of hydrogen-bond donors (Lipinski definition) is 1. The molecule has 0 saturated carbocycles. The van der Waals surface area contributed by atoms with Crippen molar-refractivity contribution in [3.05, 3.63) is 46.5 Å². The van der Waals surface area contributed by atoms with E-state index < -0.39 is 0 Å². The zero-order valence-electron chi connectivity index (χ0n) is 11.7. The van der Waals surface area contributed by atoms with Crippen molar-refractivity contribution < 1.29 is 9.21 Å². The summed E-state index contributed by atoms with van der Waals surface area (Å²) in [6.07, 6.45) is 5.03. The van der Waals surface area contributed by atoms with Crippen LogP contribution >= 0.6 is 11.3 Å². The Morgan fingerprint density at radius 3 is 3.14 bits per heavy atom. The monoisotopic (exact) mass is 302 g/mol. The van der Waals surface area contributed by atoms with Gasteiger partial charge in [0.2, 0.25) is 0 Å². The summed E-state index contributed by atoms with van der Waals surface area (Å²) >= 11 is 1.75. The van der Waals surface area contributed by atoms with E-state index in [-0.39, 0.29) is 11.9 Å². The van der Waals surface area contributed by atoms with Crippen LogP contribution in [-0.2, 0) is 6.54 Å². The summed E-state index contributed by atoms with van der Waals surface area (Å²) in [5.74, 6) is 0.315. The lowest BCUT2D eigenvalue weighted by Gasteiger charge is -2.24. The first-order chi connectivity index (χ1) is 10.3. The van der Waals surface area contributed by atoms with E-state index in [1.165, 1.54) is 18.4 Å². The molecule has 0 spiro atoms. The highest BCUT2D eigenvalue weighted by Crippen LogP contribution is 2.39. The van der Waals surface area contributed by atoms with Gasteiger partial charge >= 0.3 is 0 Å². The van der Waals surface area contributed by atoms with E-state index in [1.807, 2.05) is 0 Å². The molecule has 4 heterocycles. The molecule has 2 aromatic heterocycles. The molecule has 4 rings (SSSR count). The molecule has 0 aromatic carbocycles. The first kappa shape index (κ1) is 13.1. The van der Waals surface area contributed by atoms with Crippen LogP contribution in [0.4, 0.5) is 0 Å². The number of nitrogens with zero attached hydrogens (tertiary/aromatic N) is 1. The molecule has 1 amide bonds. The van der Waals surface area contributed by atoms with Gasteiger partial charge in [-0.05, 0) is 53.8 Å². The predicted octanol–water partition coefficient (Wildman–Crippen LogP) is 2.88. The van der Waals surface area contributed by atoms with Crippen molar-refractivity contribution >= 4 is 17.2 Å². The number of furan rings is 1. The van der Waals surface area contributed by atoms with E-state index in [0.29, 0.717) is 17.8 Å². The number of carbonyl (C=O) groups excluding carboxylic acids is 1. The largest absolute Gasteiger partial charge is 0.459 e. The summed E-state index contributed by atoms with van der Waals surface area (Å²) in [4.78, 5) is 14.7. The molecule has 0 radical (unpaired) electrons. The van der Waals surface area contributed by atoms with Gasteiger partial charge in [-0.15, -0.1) is 0 Å². The van der Waals surface area contributed by atoms with Gasteiger partial charge in [-0.2, -0.15) is 11.3 Å². The van der Waals surface area contributed by atoms with Crippen molar-refractivity contribution in [3.63, 3.8) is 0 Å². The minimum absolute atomic E-state index is 0.0898. The highest BCUT2D eigenvalue weighted by atomic mass is 32.1. The second kappa shape index (κ2) is 5.31. The molecular weight excluding hydrogens is 284 g/mol. The summed E-state index contributed by atoms with van der Waals surface area (Å²) < 4.78 is 5.17. The molecule has 2 aliphatic rings. The van der Waals surface area contributed by atoms with Crippen molar-refractivity contribution in [2.75, 3.05) is 0 Å². The lowest BCUT2D eigenvalue weighted by Crippen LogP contribution is -2.43. The minimum atomic E-state index is -0.0898. The van der Waals surface area contributed by atoms with Crippen LogP contribution in [0.5, 0.6) is 0 Å². The summed E-state index contributed by atoms with van der Waals surface area (Å²) in [6, 6.07) is 6.98. The van der Waals surface area contributed by atoms with Crippen LogP contribution in [0.25, 0.3) is 0 Å². The van der Waals surface area contributed by atoms with Gasteiger partial charge in [-0.1, -0.05) is 0 Å². The van der Waals surface area contributed by atoms with Crippen LogP contribution in [0, 0.1) is 0 Å². The SMILES string of the molecule is O=C(N[C@@H]1C[C@H]2CC[C@H]1N2Cc1ccsc1)c1ccco1. The van der Waals surface area contributed by atoms with Crippen LogP contribution in [0.15, 0.2) is 39.6 Å². The molecule has 2 bridgehead atoms. The molecule has 0 aliphatic carbocycles. The number of rotatable bonds is 4. The van der Waals surface area contributed by atoms with Crippen LogP contribution in [0.2, 0.25) is 0 Å². The third-order valence-electron chi connectivity index (χ3n) is 4.69. The fourth-order valence-electron chi connectivity index (χ4n) is 3.74. The van der Waals surface area contributed by atoms with Crippen molar-refractivity contribution in [2.24, 2.45) is 0 Å². The highest BCUT2D eigenvalue weighted by Gasteiger charge is 2.46. The molecular formula is C16H18N2O2S. The topological polar surface area (TPSA) is 45.5 Å². The second-order valence-corrected chi connectivity index (χ2v) is 6.68. The summed E-state index contributed by atoms with van der Waals surface area (Å²) in [5, 5.41) is 7.50. The normalized spacial score (nSPS) is 28.1. The average Bonchev–Trinajstić information content (AvgIpc) is 3.24. The van der Waals surface area contributed by atoms with Crippen LogP contribution in [-0.4, -0.2) is 28.9 Å². The number of fused-ring (bicyclic) bond motifs is 2. The molecule has 2 aromatic rings. The number of carbonyl (C=O) groups is 1. The highest BCUT2D eigenvalue weighted by molar-refractivity contribution is 7.07. The molecule has 0 unspecified atom stereocenters. The van der Waals surface area contributed by atoms with Crippen molar-refractivity contribution in [1.82, 2.24) is 10.2 Å². The standard InChI is InChI=1S/C16H18N2O2S/c19-16(15-2-1-6-20-15)17-13-8-12-3-4-14(13)18(12)9-11-5-7-21-10-11/h1-2,5-7,10,12-14H,3-4,8-9H2,(H,17,19)/t12-,13-,14-/m1/s1. The molecule has 3 atom stereocenters. The smallest absolute Gasteiger partial charge is 0.287 e. The predicted molar refractivity (Wildman–Crippen MR) is 81.3 cm³/mol. The first-order valence-electron chi connectivity index (χ1n) is 7.42. The van der Waals surface area contributed by atoms with Gasteiger partial charge < -0.3 is 9.73 Å². The maximum atomic E-state index is 12.1. The van der Waals surface area contributed by atoms with Gasteiger partial charge in [0.15, 0.2) is 5.76 Å².